The Morgan fingerprint density at radius 2 is 1.89 bits per heavy atom. The first kappa shape index (κ1) is 27.7. The third-order valence-electron chi connectivity index (χ3n) is 4.89. The molecule has 1 aliphatic rings. The first-order valence-electron chi connectivity index (χ1n) is 10.1. The molecule has 36 heavy (non-hydrogen) atoms. The molecule has 0 unspecified atom stereocenters. The Balaban J connectivity index is 1.75. The molecule has 0 aliphatic carbocycles. The van der Waals surface area contributed by atoms with Gasteiger partial charge in [0.05, 0.1) is 10.5 Å². The summed E-state index contributed by atoms with van der Waals surface area (Å²) in [6.45, 7) is -0.637. The molecule has 5 N–H and O–H groups in total. The number of nitrogens with two attached hydrogens (primary N) is 1. The van der Waals surface area contributed by atoms with E-state index in [2.05, 4.69) is 5.32 Å². The molecule has 3 rings (SSSR count). The van der Waals surface area contributed by atoms with Gasteiger partial charge in [-0.15, -0.1) is 0 Å². The number of thioether (sulfide) groups is 1. The van der Waals surface area contributed by atoms with Gasteiger partial charge in [0.15, 0.2) is 0 Å². The number of benzene rings is 2. The van der Waals surface area contributed by atoms with Crippen LogP contribution in [0, 0.1) is 5.41 Å². The topological polar surface area (TPSA) is 145 Å². The summed E-state index contributed by atoms with van der Waals surface area (Å²) in [7, 11) is -3.97. The summed E-state index contributed by atoms with van der Waals surface area (Å²) in [5.74, 6) is -0.623. The third kappa shape index (κ3) is 7.07. The van der Waals surface area contributed by atoms with Gasteiger partial charge in [-0.1, -0.05) is 23.7 Å². The van der Waals surface area contributed by atoms with Gasteiger partial charge in [-0.3, -0.25) is 14.5 Å². The highest BCUT2D eigenvalue weighted by Crippen LogP contribution is 2.35. The molecule has 15 heteroatoms. The van der Waals surface area contributed by atoms with Gasteiger partial charge in [0.2, 0.25) is 0 Å². The lowest BCUT2D eigenvalue weighted by Gasteiger charge is -2.15. The van der Waals surface area contributed by atoms with Gasteiger partial charge >= 0.3 is 6.18 Å². The molecule has 2 amide bonds. The van der Waals surface area contributed by atoms with Crippen LogP contribution < -0.4 is 15.2 Å². The predicted octanol–water partition coefficient (Wildman–Crippen LogP) is 3.80. The van der Waals surface area contributed by atoms with E-state index >= 15 is 0 Å². The highest BCUT2D eigenvalue weighted by Gasteiger charge is 2.35. The van der Waals surface area contributed by atoms with E-state index in [4.69, 9.17) is 22.1 Å². The lowest BCUT2D eigenvalue weighted by Crippen LogP contribution is -2.39. The second kappa shape index (κ2) is 11.0. The molecule has 0 aromatic heterocycles. The number of imide groups is 1. The Bertz CT molecular complexity index is 1350. The van der Waals surface area contributed by atoms with Crippen LogP contribution in [0.2, 0.25) is 5.02 Å². The van der Waals surface area contributed by atoms with E-state index < -0.39 is 33.1 Å². The molecule has 192 valence electrons. The fourth-order valence-electron chi connectivity index (χ4n) is 3.25. The first-order valence-corrected chi connectivity index (χ1v) is 12.8. The molecule has 0 atom stereocenters. The minimum atomic E-state index is -4.59. The average Bonchev–Trinajstić information content (AvgIpc) is 3.04. The molecule has 1 saturated heterocycles. The van der Waals surface area contributed by atoms with Crippen molar-refractivity contribution in [2.24, 2.45) is 5.14 Å². The summed E-state index contributed by atoms with van der Waals surface area (Å²) in [6.07, 6.45) is -2.17. The Kier molecular flexibility index (Phi) is 8.46. The van der Waals surface area contributed by atoms with Crippen molar-refractivity contribution >= 4 is 62.7 Å². The van der Waals surface area contributed by atoms with Crippen molar-refractivity contribution in [1.29, 1.82) is 5.41 Å². The maximum atomic E-state index is 13.3. The smallest absolute Gasteiger partial charge is 0.380 e. The standard InChI is InChI=1S/C21H19ClF3N5O4S2/c22-15-3-2-13(16(9-15)21(23,24)25)11-28-17-4-1-12(7-14(17)10-26)8-18-19(31)30(20(32)35-18)6-5-29-36(27,33)34/h1-4,7-10,26,28-29H,5-6,11H2,(H2,27,33,34). The van der Waals surface area contributed by atoms with Gasteiger partial charge in [-0.25, -0.2) is 9.86 Å². The van der Waals surface area contributed by atoms with Crippen LogP contribution >= 0.6 is 23.4 Å². The SMILES string of the molecule is N=Cc1cc(C=C2SC(=O)N(CCNS(N)(=O)=O)C2=O)ccc1NCc1ccc(Cl)cc1C(F)(F)F. The zero-order chi connectivity index (χ0) is 26.7. The van der Waals surface area contributed by atoms with Gasteiger partial charge in [0, 0.05) is 42.1 Å². The van der Waals surface area contributed by atoms with E-state index in [0.29, 0.717) is 28.6 Å². The minimum Gasteiger partial charge on any atom is -0.380 e. The van der Waals surface area contributed by atoms with Crippen molar-refractivity contribution in [3.05, 3.63) is 68.6 Å². The van der Waals surface area contributed by atoms with E-state index in [0.717, 1.165) is 17.2 Å². The van der Waals surface area contributed by atoms with Gasteiger partial charge in [-0.05, 0) is 53.2 Å². The molecular formula is C21H19ClF3N5O4S2. The summed E-state index contributed by atoms with van der Waals surface area (Å²) in [5, 5.41) is 14.7. The van der Waals surface area contributed by atoms with Crippen molar-refractivity contribution < 1.29 is 31.2 Å². The van der Waals surface area contributed by atoms with Gasteiger partial charge in [0.1, 0.15) is 0 Å². The molecule has 1 heterocycles. The molecule has 1 fully saturated rings. The Hall–Kier alpha value is -2.91. The second-order valence-corrected chi connectivity index (χ2v) is 10.2. The molecule has 2 aromatic carbocycles. The number of carbonyl (C=O) groups excluding carboxylic acids is 2. The van der Waals surface area contributed by atoms with Crippen LogP contribution in [0.15, 0.2) is 41.3 Å². The summed E-state index contributed by atoms with van der Waals surface area (Å²) >= 11 is 6.37. The fraction of sp³-hybridized carbons (Fsp3) is 0.190. The van der Waals surface area contributed by atoms with E-state index in [1.807, 2.05) is 4.72 Å². The summed E-state index contributed by atoms with van der Waals surface area (Å²) < 4.78 is 63.9. The van der Waals surface area contributed by atoms with Crippen LogP contribution in [0.4, 0.5) is 23.7 Å². The van der Waals surface area contributed by atoms with Gasteiger partial charge in [-0.2, -0.15) is 21.6 Å². The van der Waals surface area contributed by atoms with E-state index in [1.165, 1.54) is 30.3 Å². The van der Waals surface area contributed by atoms with Crippen LogP contribution in [0.1, 0.15) is 22.3 Å². The number of hydrogen-bond donors (Lipinski definition) is 4. The molecule has 9 nitrogen and oxygen atoms in total. The van der Waals surface area contributed by atoms with Crippen LogP contribution in [0.25, 0.3) is 6.08 Å². The van der Waals surface area contributed by atoms with Crippen molar-refractivity contribution in [2.45, 2.75) is 12.7 Å². The molecule has 1 aliphatic heterocycles. The first-order chi connectivity index (χ1) is 16.8. The Morgan fingerprint density at radius 1 is 1.17 bits per heavy atom. The number of hydrogen-bond acceptors (Lipinski definition) is 7. The second-order valence-electron chi connectivity index (χ2n) is 7.42. The van der Waals surface area contributed by atoms with E-state index in [-0.39, 0.29) is 35.1 Å². The summed E-state index contributed by atoms with van der Waals surface area (Å²) in [5.41, 5.74) is 0.285. The monoisotopic (exact) mass is 561 g/mol. The van der Waals surface area contributed by atoms with Crippen molar-refractivity contribution in [1.82, 2.24) is 9.62 Å². The third-order valence-corrected chi connectivity index (χ3v) is 6.64. The number of carbonyl (C=O) groups is 2. The number of amides is 2. The number of halogens is 4. The Labute approximate surface area is 213 Å². The van der Waals surface area contributed by atoms with Gasteiger partial charge < -0.3 is 10.7 Å². The summed E-state index contributed by atoms with van der Waals surface area (Å²) in [4.78, 5) is 25.6. The molecular weight excluding hydrogens is 543 g/mol. The molecule has 0 spiro atoms. The van der Waals surface area contributed by atoms with E-state index in [1.54, 1.807) is 6.07 Å². The van der Waals surface area contributed by atoms with Crippen molar-refractivity contribution in [3.63, 3.8) is 0 Å². The van der Waals surface area contributed by atoms with Crippen LogP contribution in [0.3, 0.4) is 0 Å². The average molecular weight is 562 g/mol. The molecule has 0 radical (unpaired) electrons. The lowest BCUT2D eigenvalue weighted by atomic mass is 10.1. The quantitative estimate of drug-likeness (QED) is 0.271. The molecule has 2 aromatic rings. The maximum Gasteiger partial charge on any atom is 0.416 e. The number of rotatable bonds is 9. The van der Waals surface area contributed by atoms with E-state index in [9.17, 15) is 31.2 Å². The van der Waals surface area contributed by atoms with Gasteiger partial charge in [0.25, 0.3) is 21.4 Å². The normalized spacial score (nSPS) is 15.6. The summed E-state index contributed by atoms with van der Waals surface area (Å²) in [6, 6.07) is 8.10. The highest BCUT2D eigenvalue weighted by atomic mass is 35.5. The fourth-order valence-corrected chi connectivity index (χ4v) is 4.67. The molecule has 0 bridgehead atoms. The number of anilines is 1. The van der Waals surface area contributed by atoms with Crippen LogP contribution in [-0.4, -0.2) is 43.8 Å². The predicted molar refractivity (Wildman–Crippen MR) is 132 cm³/mol. The highest BCUT2D eigenvalue weighted by molar-refractivity contribution is 8.18. The number of nitrogens with zero attached hydrogens (tertiary/aromatic N) is 1. The number of alkyl halides is 3. The number of nitrogens with one attached hydrogen (secondary N) is 3. The maximum absolute atomic E-state index is 13.3. The lowest BCUT2D eigenvalue weighted by molar-refractivity contribution is -0.138. The van der Waals surface area contributed by atoms with Crippen LogP contribution in [0.5, 0.6) is 0 Å². The Morgan fingerprint density at radius 3 is 2.53 bits per heavy atom. The minimum absolute atomic E-state index is 0.0301. The van der Waals surface area contributed by atoms with Crippen molar-refractivity contribution in [3.8, 4) is 0 Å². The zero-order valence-corrected chi connectivity index (χ0v) is 20.6. The largest absolute Gasteiger partial charge is 0.416 e. The molecule has 0 saturated carbocycles. The van der Waals surface area contributed by atoms with Crippen LogP contribution in [-0.2, 0) is 27.7 Å². The van der Waals surface area contributed by atoms with Crippen molar-refractivity contribution in [2.75, 3.05) is 18.4 Å². The zero-order valence-electron chi connectivity index (χ0n) is 18.2.